The molecule has 0 spiro atoms. The molecular weight excluding hydrogens is 194 g/mol. The minimum Gasteiger partial charge on any atom is -0.399 e. The van der Waals surface area contributed by atoms with Gasteiger partial charge in [0.15, 0.2) is 0 Å². The van der Waals surface area contributed by atoms with Crippen molar-refractivity contribution < 1.29 is 4.84 Å². The molecule has 1 aliphatic rings. The van der Waals surface area contributed by atoms with E-state index in [1.54, 1.807) is 7.11 Å². The first-order valence-electron chi connectivity index (χ1n) is 3.58. The predicted molar refractivity (Wildman–Crippen MR) is 45.6 cm³/mol. The molecule has 0 aliphatic heterocycles. The molecule has 1 saturated carbocycles. The number of alkyl halides is 1. The van der Waals surface area contributed by atoms with Crippen LogP contribution in [0.2, 0.25) is 0 Å². The van der Waals surface area contributed by atoms with Crippen molar-refractivity contribution in [2.24, 2.45) is 5.16 Å². The molecule has 0 aromatic rings. The topological polar surface area (TPSA) is 21.6 Å². The summed E-state index contributed by atoms with van der Waals surface area (Å²) in [5.74, 6) is 0. The molecule has 1 unspecified atom stereocenters. The highest BCUT2D eigenvalue weighted by molar-refractivity contribution is 9.10. The van der Waals surface area contributed by atoms with Gasteiger partial charge < -0.3 is 4.84 Å². The van der Waals surface area contributed by atoms with Crippen molar-refractivity contribution in [2.45, 2.75) is 30.5 Å². The van der Waals surface area contributed by atoms with Crippen molar-refractivity contribution >= 4 is 21.6 Å². The fourth-order valence-corrected chi connectivity index (χ4v) is 1.81. The normalized spacial score (nSPS) is 30.6. The van der Waals surface area contributed by atoms with Crippen molar-refractivity contribution in [3.8, 4) is 0 Å². The van der Waals surface area contributed by atoms with Gasteiger partial charge in [0.2, 0.25) is 0 Å². The smallest absolute Gasteiger partial charge is 0.106 e. The lowest BCUT2D eigenvalue weighted by Gasteiger charge is -2.17. The van der Waals surface area contributed by atoms with Gasteiger partial charge in [-0.3, -0.25) is 0 Å². The summed E-state index contributed by atoms with van der Waals surface area (Å²) in [7, 11) is 1.60. The maximum absolute atomic E-state index is 4.71. The van der Waals surface area contributed by atoms with E-state index in [0.717, 1.165) is 12.1 Å². The van der Waals surface area contributed by atoms with Gasteiger partial charge in [0.1, 0.15) is 7.11 Å². The number of hydrogen-bond donors (Lipinski definition) is 0. The summed E-state index contributed by atoms with van der Waals surface area (Å²) in [6.07, 6.45) is 4.84. The van der Waals surface area contributed by atoms with Crippen LogP contribution in [0.1, 0.15) is 25.7 Å². The van der Waals surface area contributed by atoms with Crippen LogP contribution in [0.15, 0.2) is 5.16 Å². The first-order chi connectivity index (χ1) is 4.84. The zero-order valence-electron chi connectivity index (χ0n) is 6.14. The summed E-state index contributed by atoms with van der Waals surface area (Å²) >= 11 is 3.54. The summed E-state index contributed by atoms with van der Waals surface area (Å²) in [6.45, 7) is 0. The van der Waals surface area contributed by atoms with Crippen molar-refractivity contribution in [3.63, 3.8) is 0 Å². The van der Waals surface area contributed by atoms with Gasteiger partial charge in [-0.2, -0.15) is 0 Å². The van der Waals surface area contributed by atoms with Gasteiger partial charge in [0.05, 0.1) is 10.5 Å². The number of nitrogens with zero attached hydrogens (tertiary/aromatic N) is 1. The molecule has 0 heterocycles. The molecule has 0 radical (unpaired) electrons. The van der Waals surface area contributed by atoms with Gasteiger partial charge in [-0.05, 0) is 19.3 Å². The van der Waals surface area contributed by atoms with Crippen molar-refractivity contribution in [1.82, 2.24) is 0 Å². The van der Waals surface area contributed by atoms with Crippen molar-refractivity contribution in [3.05, 3.63) is 0 Å². The van der Waals surface area contributed by atoms with E-state index in [-0.39, 0.29) is 0 Å². The molecule has 1 fully saturated rings. The molecule has 0 saturated heterocycles. The fourth-order valence-electron chi connectivity index (χ4n) is 1.17. The van der Waals surface area contributed by atoms with E-state index in [4.69, 9.17) is 4.84 Å². The van der Waals surface area contributed by atoms with Gasteiger partial charge in [-0.1, -0.05) is 27.5 Å². The Morgan fingerprint density at radius 1 is 1.60 bits per heavy atom. The summed E-state index contributed by atoms with van der Waals surface area (Å²) in [5, 5.41) is 3.93. The maximum atomic E-state index is 4.71. The zero-order valence-corrected chi connectivity index (χ0v) is 7.73. The molecule has 0 bridgehead atoms. The maximum Gasteiger partial charge on any atom is 0.106 e. The molecule has 58 valence electrons. The van der Waals surface area contributed by atoms with Crippen LogP contribution in [0.3, 0.4) is 0 Å². The summed E-state index contributed by atoms with van der Waals surface area (Å²) in [5.41, 5.74) is 1.16. The second kappa shape index (κ2) is 3.96. The Morgan fingerprint density at radius 2 is 2.40 bits per heavy atom. The third-order valence-electron chi connectivity index (χ3n) is 1.71. The third kappa shape index (κ3) is 1.97. The van der Waals surface area contributed by atoms with Gasteiger partial charge in [-0.25, -0.2) is 0 Å². The van der Waals surface area contributed by atoms with E-state index < -0.39 is 0 Å². The number of rotatable bonds is 1. The Labute approximate surface area is 69.8 Å². The molecule has 0 amide bonds. The van der Waals surface area contributed by atoms with Gasteiger partial charge in [0.25, 0.3) is 0 Å². The lowest BCUT2D eigenvalue weighted by Crippen LogP contribution is -2.18. The molecule has 2 nitrogen and oxygen atoms in total. The van der Waals surface area contributed by atoms with Crippen LogP contribution in [0, 0.1) is 0 Å². The number of hydrogen-bond acceptors (Lipinski definition) is 2. The second-order valence-corrected chi connectivity index (χ2v) is 3.58. The van der Waals surface area contributed by atoms with E-state index >= 15 is 0 Å². The van der Waals surface area contributed by atoms with Crippen molar-refractivity contribution in [2.75, 3.05) is 7.11 Å². The predicted octanol–water partition coefficient (Wildman–Crippen LogP) is 2.33. The highest BCUT2D eigenvalue weighted by atomic mass is 79.9. The van der Waals surface area contributed by atoms with Crippen LogP contribution in [0.4, 0.5) is 0 Å². The Bertz CT molecular complexity index is 136. The fraction of sp³-hybridized carbons (Fsp3) is 0.857. The second-order valence-electron chi connectivity index (χ2n) is 2.48. The van der Waals surface area contributed by atoms with Crippen LogP contribution in [0.5, 0.6) is 0 Å². The van der Waals surface area contributed by atoms with Gasteiger partial charge >= 0.3 is 0 Å². The molecule has 0 aromatic heterocycles. The Balaban J connectivity index is 2.47. The lowest BCUT2D eigenvalue weighted by atomic mass is 9.99. The summed E-state index contributed by atoms with van der Waals surface area (Å²) in [6, 6.07) is 0. The van der Waals surface area contributed by atoms with E-state index in [9.17, 15) is 0 Å². The van der Waals surface area contributed by atoms with E-state index in [1.807, 2.05) is 0 Å². The monoisotopic (exact) mass is 205 g/mol. The number of oxime groups is 1. The molecule has 1 aliphatic carbocycles. The van der Waals surface area contributed by atoms with Crippen LogP contribution in [0.25, 0.3) is 0 Å². The number of halogens is 1. The summed E-state index contributed by atoms with van der Waals surface area (Å²) < 4.78 is 0. The molecule has 10 heavy (non-hydrogen) atoms. The zero-order chi connectivity index (χ0) is 7.40. The lowest BCUT2D eigenvalue weighted by molar-refractivity contribution is 0.211. The van der Waals surface area contributed by atoms with Crippen LogP contribution >= 0.6 is 15.9 Å². The Kier molecular flexibility index (Phi) is 3.19. The molecular formula is C7H12BrNO. The van der Waals surface area contributed by atoms with E-state index in [2.05, 4.69) is 21.1 Å². The standard InChI is InChI=1S/C7H12BrNO/c1-10-9-7-5-3-2-4-6(7)8/h6H,2-5H2,1H3/b9-7+. The summed E-state index contributed by atoms with van der Waals surface area (Å²) in [4.78, 5) is 5.17. The van der Waals surface area contributed by atoms with Crippen LogP contribution < -0.4 is 0 Å². The quantitative estimate of drug-likeness (QED) is 0.476. The molecule has 1 rings (SSSR count). The van der Waals surface area contributed by atoms with E-state index in [0.29, 0.717) is 4.83 Å². The SMILES string of the molecule is CO/N=C1\CCCCC1Br. The minimum absolute atomic E-state index is 0.459. The Hall–Kier alpha value is -0.0500. The van der Waals surface area contributed by atoms with Crippen LogP contribution in [-0.4, -0.2) is 17.6 Å². The third-order valence-corrected chi connectivity index (χ3v) is 2.70. The van der Waals surface area contributed by atoms with E-state index in [1.165, 1.54) is 19.3 Å². The first-order valence-corrected chi connectivity index (χ1v) is 4.50. The van der Waals surface area contributed by atoms with Gasteiger partial charge in [-0.15, -0.1) is 0 Å². The largest absolute Gasteiger partial charge is 0.399 e. The van der Waals surface area contributed by atoms with Crippen molar-refractivity contribution in [1.29, 1.82) is 0 Å². The average Bonchev–Trinajstić information content (AvgIpc) is 1.94. The Morgan fingerprint density at radius 3 is 3.00 bits per heavy atom. The first kappa shape index (κ1) is 8.05. The minimum atomic E-state index is 0.459. The highest BCUT2D eigenvalue weighted by Gasteiger charge is 2.17. The molecule has 0 aromatic carbocycles. The highest BCUT2D eigenvalue weighted by Crippen LogP contribution is 2.21. The van der Waals surface area contributed by atoms with Crippen LogP contribution in [-0.2, 0) is 4.84 Å². The molecule has 3 heteroatoms. The average molecular weight is 206 g/mol. The molecule has 0 N–H and O–H groups in total. The molecule has 1 atom stereocenters. The van der Waals surface area contributed by atoms with Gasteiger partial charge in [0, 0.05) is 0 Å².